The van der Waals surface area contributed by atoms with Crippen molar-refractivity contribution in [3.63, 3.8) is 0 Å². The van der Waals surface area contributed by atoms with Gasteiger partial charge in [-0.05, 0) is 32.6 Å². The van der Waals surface area contributed by atoms with E-state index in [0.717, 1.165) is 6.42 Å². The lowest BCUT2D eigenvalue weighted by molar-refractivity contribution is -0.0498. The van der Waals surface area contributed by atoms with Gasteiger partial charge in [0.05, 0.1) is 30.5 Å². The predicted molar refractivity (Wildman–Crippen MR) is 107 cm³/mol. The zero-order valence-electron chi connectivity index (χ0n) is 17.6. The van der Waals surface area contributed by atoms with Gasteiger partial charge in [-0.1, -0.05) is 32.3 Å². The molecule has 0 N–H and O–H groups in total. The van der Waals surface area contributed by atoms with E-state index in [1.807, 2.05) is 0 Å². The topological polar surface area (TPSA) is 44.8 Å². The Morgan fingerprint density at radius 2 is 1.73 bits per heavy atom. The zero-order chi connectivity index (χ0) is 19.6. The Bertz CT molecular complexity index is 473. The molecule has 4 nitrogen and oxygen atoms in total. The largest absolute Gasteiger partial charge is 0.384 e. The third-order valence-electron chi connectivity index (χ3n) is 6.11. The second-order valence-electron chi connectivity index (χ2n) is 8.90. The lowest BCUT2D eigenvalue weighted by atomic mass is 9.80. The van der Waals surface area contributed by atoms with Crippen molar-refractivity contribution in [2.24, 2.45) is 23.7 Å². The quantitative estimate of drug-likeness (QED) is 0.465. The van der Waals surface area contributed by atoms with E-state index < -0.39 is 7.80 Å². The van der Waals surface area contributed by atoms with E-state index in [-0.39, 0.29) is 48.4 Å². The number of ether oxygens (including phenoxy) is 3. The van der Waals surface area contributed by atoms with Gasteiger partial charge in [-0.25, -0.2) is 0 Å². The SMILES string of the molecule is [B][C@@H]1O[C@H](C(C)C)C(C[P+](=O)CC[C@H]2O[C@@H](C)[C@@H](C)C2OC(C)C)[C@@H]1C. The molecule has 6 heteroatoms. The van der Waals surface area contributed by atoms with Crippen LogP contribution in [-0.2, 0) is 18.8 Å². The summed E-state index contributed by atoms with van der Waals surface area (Å²) in [6.07, 6.45) is 2.79. The highest BCUT2D eigenvalue weighted by Gasteiger charge is 2.45. The molecule has 0 aromatic carbocycles. The molecule has 148 valence electrons. The van der Waals surface area contributed by atoms with Crippen LogP contribution in [0.25, 0.3) is 0 Å². The average molecular weight is 383 g/mol. The summed E-state index contributed by atoms with van der Waals surface area (Å²) in [6.45, 7) is 14.8. The van der Waals surface area contributed by atoms with Gasteiger partial charge in [0, 0.05) is 24.3 Å². The van der Waals surface area contributed by atoms with Crippen molar-refractivity contribution in [3.05, 3.63) is 0 Å². The fourth-order valence-corrected chi connectivity index (χ4v) is 6.04. The van der Waals surface area contributed by atoms with Crippen LogP contribution in [0.5, 0.6) is 0 Å². The molecule has 2 heterocycles. The molecule has 0 aromatic rings. The Morgan fingerprint density at radius 3 is 2.31 bits per heavy atom. The van der Waals surface area contributed by atoms with Crippen LogP contribution in [0.4, 0.5) is 0 Å². The highest BCUT2D eigenvalue weighted by molar-refractivity contribution is 7.44. The van der Waals surface area contributed by atoms with Gasteiger partial charge >= 0.3 is 7.80 Å². The van der Waals surface area contributed by atoms with Crippen molar-refractivity contribution in [2.45, 2.75) is 91.4 Å². The smallest absolute Gasteiger partial charge is 0.339 e. The van der Waals surface area contributed by atoms with E-state index in [9.17, 15) is 4.57 Å². The lowest BCUT2D eigenvalue weighted by Crippen LogP contribution is -2.32. The van der Waals surface area contributed by atoms with Crippen LogP contribution in [0.3, 0.4) is 0 Å². The molecule has 0 amide bonds. The first kappa shape index (κ1) is 22.3. The molecule has 26 heavy (non-hydrogen) atoms. The van der Waals surface area contributed by atoms with Crippen LogP contribution < -0.4 is 0 Å². The summed E-state index contributed by atoms with van der Waals surface area (Å²) in [5.74, 6) is 1.29. The van der Waals surface area contributed by atoms with E-state index in [1.54, 1.807) is 0 Å². The van der Waals surface area contributed by atoms with Crippen LogP contribution >= 0.6 is 7.80 Å². The Hall–Kier alpha value is 0.0449. The molecule has 0 bridgehead atoms. The second kappa shape index (κ2) is 9.50. The summed E-state index contributed by atoms with van der Waals surface area (Å²) in [6, 6.07) is -0.237. The van der Waals surface area contributed by atoms with E-state index in [1.165, 1.54) is 0 Å². The fourth-order valence-electron chi connectivity index (χ4n) is 4.31. The van der Waals surface area contributed by atoms with Crippen molar-refractivity contribution in [1.82, 2.24) is 0 Å². The number of rotatable bonds is 8. The minimum atomic E-state index is -1.29. The molecule has 2 aliphatic heterocycles. The van der Waals surface area contributed by atoms with E-state index in [4.69, 9.17) is 22.1 Å². The predicted octanol–water partition coefficient (Wildman–Crippen LogP) is 4.22. The van der Waals surface area contributed by atoms with Crippen molar-refractivity contribution < 1.29 is 18.8 Å². The standard InChI is InChI=1S/C20H37BO4P/c1-11(2)18-16(14(6)20(21)25-18)10-26(22)9-8-17-19(23-12(3)4)13(5)15(7)24-17/h11-20H,8-10H2,1-7H3/q+1/t13-,14+,15+,16?,17-,18-,19?,20-/m1/s1. The highest BCUT2D eigenvalue weighted by Crippen LogP contribution is 2.41. The zero-order valence-corrected chi connectivity index (χ0v) is 18.4. The summed E-state index contributed by atoms with van der Waals surface area (Å²) in [7, 11) is 4.79. The first-order valence-electron chi connectivity index (χ1n) is 10.3. The molecule has 0 saturated carbocycles. The normalized spacial score (nSPS) is 41.3. The van der Waals surface area contributed by atoms with Crippen LogP contribution in [0.2, 0.25) is 0 Å². The summed E-state index contributed by atoms with van der Waals surface area (Å²) < 4.78 is 30.9. The molecule has 0 spiro atoms. The summed E-state index contributed by atoms with van der Waals surface area (Å²) in [4.78, 5) is 0. The van der Waals surface area contributed by atoms with Crippen LogP contribution in [0, 0.1) is 23.7 Å². The number of hydrogen-bond donors (Lipinski definition) is 0. The molecule has 3 unspecified atom stereocenters. The van der Waals surface area contributed by atoms with Gasteiger partial charge in [-0.3, -0.25) is 0 Å². The molecule has 2 fully saturated rings. The highest BCUT2D eigenvalue weighted by atomic mass is 31.1. The Kier molecular flexibility index (Phi) is 8.16. The third-order valence-corrected chi connectivity index (χ3v) is 7.69. The molecule has 2 aliphatic rings. The van der Waals surface area contributed by atoms with Gasteiger partial charge in [0.25, 0.3) is 0 Å². The molecule has 2 saturated heterocycles. The summed E-state index contributed by atoms with van der Waals surface area (Å²) in [5, 5.41) is 0. The third kappa shape index (κ3) is 5.31. The van der Waals surface area contributed by atoms with Gasteiger partial charge in [-0.15, -0.1) is 0 Å². The first-order chi connectivity index (χ1) is 12.1. The monoisotopic (exact) mass is 383 g/mol. The molecule has 9 atom stereocenters. The molecule has 0 aliphatic carbocycles. The van der Waals surface area contributed by atoms with Gasteiger partial charge < -0.3 is 14.2 Å². The van der Waals surface area contributed by atoms with Crippen molar-refractivity contribution in [2.75, 3.05) is 12.3 Å². The average Bonchev–Trinajstić information content (AvgIpc) is 2.97. The molecule has 2 radical (unpaired) electrons. The van der Waals surface area contributed by atoms with E-state index in [2.05, 4.69) is 48.5 Å². The lowest BCUT2D eigenvalue weighted by Gasteiger charge is -2.23. The molecule has 0 aromatic heterocycles. The maximum atomic E-state index is 12.8. The van der Waals surface area contributed by atoms with E-state index in [0.29, 0.717) is 24.2 Å². The molecular weight excluding hydrogens is 346 g/mol. The maximum absolute atomic E-state index is 12.8. The maximum Gasteiger partial charge on any atom is 0.339 e. The minimum Gasteiger partial charge on any atom is -0.384 e. The number of hydrogen-bond acceptors (Lipinski definition) is 4. The Balaban J connectivity index is 1.89. The van der Waals surface area contributed by atoms with Crippen molar-refractivity contribution in [1.29, 1.82) is 0 Å². The molecular formula is C20H37BO4P+. The van der Waals surface area contributed by atoms with Crippen molar-refractivity contribution >= 4 is 15.6 Å². The fraction of sp³-hybridized carbons (Fsp3) is 1.00. The Labute approximate surface area is 162 Å². The van der Waals surface area contributed by atoms with Crippen LogP contribution in [-0.4, -0.2) is 56.7 Å². The summed E-state index contributed by atoms with van der Waals surface area (Å²) >= 11 is 0. The van der Waals surface area contributed by atoms with Crippen LogP contribution in [0.1, 0.15) is 54.9 Å². The van der Waals surface area contributed by atoms with Gasteiger partial charge in [-0.2, -0.15) is 0 Å². The Morgan fingerprint density at radius 1 is 1.08 bits per heavy atom. The van der Waals surface area contributed by atoms with Crippen LogP contribution in [0.15, 0.2) is 0 Å². The van der Waals surface area contributed by atoms with Gasteiger partial charge in [0.1, 0.15) is 14.0 Å². The second-order valence-corrected chi connectivity index (χ2v) is 10.7. The van der Waals surface area contributed by atoms with Gasteiger partial charge in [0.15, 0.2) is 6.16 Å². The molecule has 2 rings (SSSR count). The minimum absolute atomic E-state index is 0.0433. The first-order valence-corrected chi connectivity index (χ1v) is 11.9. The van der Waals surface area contributed by atoms with E-state index >= 15 is 0 Å². The van der Waals surface area contributed by atoms with Crippen molar-refractivity contribution in [3.8, 4) is 0 Å². The summed E-state index contributed by atoms with van der Waals surface area (Å²) in [5.41, 5.74) is 0. The van der Waals surface area contributed by atoms with Gasteiger partial charge in [0.2, 0.25) is 0 Å².